The zero-order chi connectivity index (χ0) is 14.9. The fraction of sp³-hybridized carbons (Fsp3) is 0.750. The van der Waals surface area contributed by atoms with E-state index in [1.165, 1.54) is 0 Å². The van der Waals surface area contributed by atoms with Crippen LogP contribution < -0.4 is 5.32 Å². The number of nitrogens with zero attached hydrogens (tertiary/aromatic N) is 1. The maximum atomic E-state index is 12.1. The second-order valence-corrected chi connectivity index (χ2v) is 5.36. The molecule has 0 aromatic rings. The molecule has 8 nitrogen and oxygen atoms in total. The van der Waals surface area contributed by atoms with E-state index >= 15 is 0 Å². The molecule has 2 fully saturated rings. The van der Waals surface area contributed by atoms with Crippen molar-refractivity contribution in [2.24, 2.45) is 0 Å². The fourth-order valence-electron chi connectivity index (χ4n) is 3.08. The second-order valence-electron chi connectivity index (χ2n) is 5.36. The van der Waals surface area contributed by atoms with Crippen molar-refractivity contribution in [3.63, 3.8) is 0 Å². The number of amides is 2. The number of fused-ring (bicyclic) bond motifs is 2. The lowest BCUT2D eigenvalue weighted by Crippen LogP contribution is -2.55. The van der Waals surface area contributed by atoms with E-state index in [-0.39, 0.29) is 12.1 Å². The van der Waals surface area contributed by atoms with Crippen molar-refractivity contribution in [3.8, 4) is 0 Å². The number of aliphatic hydroxyl groups excluding tert-OH is 1. The minimum atomic E-state index is -1.44. The van der Waals surface area contributed by atoms with E-state index in [9.17, 15) is 19.5 Å². The number of carboxylic acid groups (broad SMARTS) is 2. The quantitative estimate of drug-likeness (QED) is 0.557. The van der Waals surface area contributed by atoms with E-state index in [4.69, 9.17) is 10.2 Å². The van der Waals surface area contributed by atoms with Gasteiger partial charge in [0, 0.05) is 12.1 Å². The van der Waals surface area contributed by atoms with Gasteiger partial charge < -0.3 is 25.5 Å². The van der Waals surface area contributed by atoms with Gasteiger partial charge in [0.1, 0.15) is 6.04 Å². The Bertz CT molecular complexity index is 412. The number of hydrogen-bond donors (Lipinski definition) is 4. The molecular weight excluding hydrogens is 268 g/mol. The predicted molar refractivity (Wildman–Crippen MR) is 66.1 cm³/mol. The number of hydrogen-bond acceptors (Lipinski definition) is 4. The van der Waals surface area contributed by atoms with Crippen LogP contribution >= 0.6 is 0 Å². The minimum Gasteiger partial charge on any atom is -0.481 e. The topological polar surface area (TPSA) is 127 Å². The van der Waals surface area contributed by atoms with Crippen molar-refractivity contribution in [3.05, 3.63) is 0 Å². The third-order valence-electron chi connectivity index (χ3n) is 3.92. The lowest BCUT2D eigenvalue weighted by Gasteiger charge is -2.37. The molecule has 2 rings (SSSR count). The van der Waals surface area contributed by atoms with E-state index in [2.05, 4.69) is 5.32 Å². The van der Waals surface area contributed by atoms with Crippen molar-refractivity contribution in [1.82, 2.24) is 10.2 Å². The fourth-order valence-corrected chi connectivity index (χ4v) is 3.08. The standard InChI is InChI=1S/C12H18N2O6/c15-8-3-6-1-2-7(4-8)14(6)12(20)13-9(11(18)19)5-10(16)17/h6-9,15H,1-5H2,(H,13,20)(H,16,17)(H,18,19)/t6?,7?,8?,9-/m0/s1. The van der Waals surface area contributed by atoms with Crippen molar-refractivity contribution in [1.29, 1.82) is 0 Å². The van der Waals surface area contributed by atoms with Crippen LogP contribution in [0.5, 0.6) is 0 Å². The minimum absolute atomic E-state index is 0.0944. The van der Waals surface area contributed by atoms with Crippen LogP contribution in [0.2, 0.25) is 0 Å². The molecule has 2 aliphatic rings. The summed E-state index contributed by atoms with van der Waals surface area (Å²) in [4.78, 5) is 35.2. The Kier molecular flexibility index (Phi) is 4.12. The lowest BCUT2D eigenvalue weighted by atomic mass is 10.0. The van der Waals surface area contributed by atoms with Gasteiger partial charge in [-0.25, -0.2) is 9.59 Å². The summed E-state index contributed by atoms with van der Waals surface area (Å²) in [6.07, 6.45) is 1.46. The first-order valence-corrected chi connectivity index (χ1v) is 6.60. The molecule has 4 N–H and O–H groups in total. The number of carbonyl (C=O) groups is 3. The molecule has 0 aromatic carbocycles. The lowest BCUT2D eigenvalue weighted by molar-refractivity contribution is -0.145. The number of carboxylic acids is 2. The number of piperidine rings is 1. The Morgan fingerprint density at radius 3 is 2.15 bits per heavy atom. The molecule has 8 heteroatoms. The molecule has 2 amide bonds. The van der Waals surface area contributed by atoms with Crippen LogP contribution in [0.3, 0.4) is 0 Å². The molecule has 0 aromatic heterocycles. The summed E-state index contributed by atoms with van der Waals surface area (Å²) < 4.78 is 0. The number of aliphatic hydroxyl groups is 1. The summed E-state index contributed by atoms with van der Waals surface area (Å²) in [5, 5.41) is 29.5. The van der Waals surface area contributed by atoms with Gasteiger partial charge in [-0.15, -0.1) is 0 Å². The Labute approximate surface area is 115 Å². The zero-order valence-electron chi connectivity index (χ0n) is 10.9. The van der Waals surface area contributed by atoms with Crippen LogP contribution in [0.25, 0.3) is 0 Å². The molecular formula is C12H18N2O6. The smallest absolute Gasteiger partial charge is 0.326 e. The van der Waals surface area contributed by atoms with Gasteiger partial charge in [-0.2, -0.15) is 0 Å². The average Bonchev–Trinajstić information content (AvgIpc) is 2.60. The van der Waals surface area contributed by atoms with Gasteiger partial charge >= 0.3 is 18.0 Å². The summed E-state index contributed by atoms with van der Waals surface area (Å²) in [5.74, 6) is -2.65. The van der Waals surface area contributed by atoms with Crippen LogP contribution in [-0.4, -0.2) is 62.4 Å². The van der Waals surface area contributed by atoms with Crippen LogP contribution in [0.15, 0.2) is 0 Å². The van der Waals surface area contributed by atoms with Gasteiger partial charge in [0.25, 0.3) is 0 Å². The van der Waals surface area contributed by atoms with E-state index < -0.39 is 36.5 Å². The van der Waals surface area contributed by atoms with E-state index in [0.717, 1.165) is 12.8 Å². The van der Waals surface area contributed by atoms with Crippen LogP contribution in [-0.2, 0) is 9.59 Å². The summed E-state index contributed by atoms with van der Waals surface area (Å²) >= 11 is 0. The number of rotatable bonds is 4. The van der Waals surface area contributed by atoms with Crippen molar-refractivity contribution in [2.45, 2.75) is 56.3 Å². The normalized spacial score (nSPS) is 29.9. The third-order valence-corrected chi connectivity index (χ3v) is 3.92. The Balaban J connectivity index is 2.00. The summed E-state index contributed by atoms with van der Waals surface area (Å²) in [6, 6.07) is -2.18. The monoisotopic (exact) mass is 286 g/mol. The first-order valence-electron chi connectivity index (χ1n) is 6.60. The highest BCUT2D eigenvalue weighted by Gasteiger charge is 2.43. The van der Waals surface area contributed by atoms with Gasteiger partial charge in [-0.3, -0.25) is 4.79 Å². The SMILES string of the molecule is O=C(O)C[C@H](NC(=O)N1C2CCC1CC(O)C2)C(=O)O. The first kappa shape index (κ1) is 14.6. The molecule has 112 valence electrons. The van der Waals surface area contributed by atoms with Crippen molar-refractivity contribution >= 4 is 18.0 Å². The van der Waals surface area contributed by atoms with Gasteiger partial charge in [-0.1, -0.05) is 0 Å². The molecule has 0 radical (unpaired) electrons. The average molecular weight is 286 g/mol. The van der Waals surface area contributed by atoms with Crippen LogP contribution in [0, 0.1) is 0 Å². The molecule has 3 atom stereocenters. The molecule has 0 spiro atoms. The molecule has 20 heavy (non-hydrogen) atoms. The van der Waals surface area contributed by atoms with Crippen molar-refractivity contribution in [2.75, 3.05) is 0 Å². The third kappa shape index (κ3) is 3.01. The van der Waals surface area contributed by atoms with Crippen LogP contribution in [0.1, 0.15) is 32.1 Å². The van der Waals surface area contributed by atoms with Gasteiger partial charge in [0.05, 0.1) is 12.5 Å². The molecule has 2 aliphatic heterocycles. The van der Waals surface area contributed by atoms with Gasteiger partial charge in [0.15, 0.2) is 0 Å². The van der Waals surface area contributed by atoms with Gasteiger partial charge in [0.2, 0.25) is 0 Å². The summed E-state index contributed by atoms with van der Waals surface area (Å²) in [5.41, 5.74) is 0. The summed E-state index contributed by atoms with van der Waals surface area (Å²) in [6.45, 7) is 0. The van der Waals surface area contributed by atoms with Gasteiger partial charge in [-0.05, 0) is 25.7 Å². The Morgan fingerprint density at radius 1 is 1.15 bits per heavy atom. The van der Waals surface area contributed by atoms with E-state index in [1.54, 1.807) is 4.90 Å². The maximum absolute atomic E-state index is 12.1. The number of carbonyl (C=O) groups excluding carboxylic acids is 1. The molecule has 2 heterocycles. The molecule has 0 saturated carbocycles. The molecule has 2 unspecified atom stereocenters. The van der Waals surface area contributed by atoms with Crippen LogP contribution in [0.4, 0.5) is 4.79 Å². The zero-order valence-corrected chi connectivity index (χ0v) is 10.9. The van der Waals surface area contributed by atoms with Crippen molar-refractivity contribution < 1.29 is 29.7 Å². The second kappa shape index (κ2) is 5.66. The highest BCUT2D eigenvalue weighted by atomic mass is 16.4. The number of nitrogens with one attached hydrogen (secondary N) is 1. The number of urea groups is 1. The molecule has 0 aliphatic carbocycles. The Hall–Kier alpha value is -1.83. The Morgan fingerprint density at radius 2 is 1.70 bits per heavy atom. The molecule has 2 saturated heterocycles. The predicted octanol–water partition coefficient (Wildman–Crippen LogP) is -0.388. The highest BCUT2D eigenvalue weighted by molar-refractivity contribution is 5.86. The number of aliphatic carboxylic acids is 2. The van der Waals surface area contributed by atoms with E-state index in [0.29, 0.717) is 12.8 Å². The molecule has 2 bridgehead atoms. The highest BCUT2D eigenvalue weighted by Crippen LogP contribution is 2.35. The largest absolute Gasteiger partial charge is 0.481 e. The van der Waals surface area contributed by atoms with E-state index in [1.807, 2.05) is 0 Å². The summed E-state index contributed by atoms with van der Waals surface area (Å²) in [7, 11) is 0. The maximum Gasteiger partial charge on any atom is 0.326 e. The first-order chi connectivity index (χ1) is 9.38.